The molecule has 0 spiro atoms. The number of carbonyl (C=O) groups excluding carboxylic acids is 2. The molecule has 0 aliphatic heterocycles. The first-order chi connectivity index (χ1) is 10.6. The Hall–Kier alpha value is -0.790. The lowest BCUT2D eigenvalue weighted by Crippen LogP contribution is -2.39. The monoisotopic (exact) mass is 362 g/mol. The second kappa shape index (κ2) is 10.2. The number of hydrogen-bond acceptors (Lipinski definition) is 11. The number of carbonyl (C=O) groups is 2. The first kappa shape index (κ1) is 22.2. The zero-order chi connectivity index (χ0) is 18.2. The number of phosphoric ester groups is 1. The fraction of sp³-hybridized carbons (Fsp3) is 0.800. The van der Waals surface area contributed by atoms with Crippen molar-refractivity contribution in [2.75, 3.05) is 26.4 Å². The van der Waals surface area contributed by atoms with Crippen LogP contribution in [0.4, 0.5) is 0 Å². The summed E-state index contributed by atoms with van der Waals surface area (Å²) < 4.78 is 19.7. The van der Waals surface area contributed by atoms with Crippen molar-refractivity contribution in [3.05, 3.63) is 0 Å². The van der Waals surface area contributed by atoms with E-state index in [0.717, 1.165) is 0 Å². The molecule has 7 N–H and O–H groups in total. The normalized spacial score (nSPS) is 19.4. The summed E-state index contributed by atoms with van der Waals surface area (Å²) in [5, 5.41) is 53.3. The molecule has 0 fully saturated rings. The van der Waals surface area contributed by atoms with Crippen molar-refractivity contribution in [1.29, 1.82) is 0 Å². The van der Waals surface area contributed by atoms with E-state index in [1.165, 1.54) is 0 Å². The van der Waals surface area contributed by atoms with Gasteiger partial charge in [0.2, 0.25) is 0 Å². The summed E-state index contributed by atoms with van der Waals surface area (Å²) in [6, 6.07) is 0. The lowest BCUT2D eigenvalue weighted by Gasteiger charge is -2.17. The zero-order valence-corrected chi connectivity index (χ0v) is 12.7. The molecule has 0 aromatic rings. The van der Waals surface area contributed by atoms with Crippen LogP contribution in [0.25, 0.3) is 0 Å². The molecular weight excluding hydrogens is 343 g/mol. The highest BCUT2D eigenvalue weighted by Gasteiger charge is 2.31. The van der Waals surface area contributed by atoms with Gasteiger partial charge in [0, 0.05) is 0 Å². The Balaban J connectivity index is 4.37. The van der Waals surface area contributed by atoms with E-state index in [1.807, 2.05) is 0 Å². The maximum atomic E-state index is 11.4. The van der Waals surface area contributed by atoms with Crippen molar-refractivity contribution in [3.8, 4) is 0 Å². The van der Waals surface area contributed by atoms with Gasteiger partial charge in [-0.15, -0.1) is 0 Å². The van der Waals surface area contributed by atoms with Gasteiger partial charge in [-0.05, 0) is 0 Å². The third-order valence-electron chi connectivity index (χ3n) is 2.50. The molecule has 0 aliphatic rings. The quantitative estimate of drug-likeness (QED) is 0.164. The minimum absolute atomic E-state index is 0.931. The summed E-state index contributed by atoms with van der Waals surface area (Å²) in [6.45, 7) is -4.19. The van der Waals surface area contributed by atoms with Gasteiger partial charge in [-0.1, -0.05) is 0 Å². The number of rotatable bonds is 12. The molecule has 0 saturated carbocycles. The van der Waals surface area contributed by atoms with Crippen molar-refractivity contribution in [1.82, 2.24) is 0 Å². The maximum Gasteiger partial charge on any atom is 0.473 e. The molecule has 0 heterocycles. The molecule has 23 heavy (non-hydrogen) atoms. The number of aliphatic hydroxyl groups is 6. The highest BCUT2D eigenvalue weighted by Crippen LogP contribution is 2.43. The number of hydrogen-bond donors (Lipinski definition) is 7. The highest BCUT2D eigenvalue weighted by molar-refractivity contribution is 7.47. The predicted octanol–water partition coefficient (Wildman–Crippen LogP) is -4.31. The Morgan fingerprint density at radius 2 is 1.13 bits per heavy atom. The van der Waals surface area contributed by atoms with E-state index in [1.54, 1.807) is 0 Å². The predicted molar refractivity (Wildman–Crippen MR) is 69.9 cm³/mol. The summed E-state index contributed by atoms with van der Waals surface area (Å²) >= 11 is 0. The van der Waals surface area contributed by atoms with E-state index in [0.29, 0.717) is 0 Å². The lowest BCUT2D eigenvalue weighted by atomic mass is 10.1. The Labute approximate surface area is 130 Å². The third kappa shape index (κ3) is 8.04. The van der Waals surface area contributed by atoms with Crippen LogP contribution < -0.4 is 0 Å². The van der Waals surface area contributed by atoms with Crippen molar-refractivity contribution in [2.24, 2.45) is 0 Å². The molecular formula is C10H19O12P. The van der Waals surface area contributed by atoms with Gasteiger partial charge in [-0.25, -0.2) is 4.57 Å². The van der Waals surface area contributed by atoms with Gasteiger partial charge >= 0.3 is 7.82 Å². The summed E-state index contributed by atoms with van der Waals surface area (Å²) in [7, 11) is -4.91. The van der Waals surface area contributed by atoms with Gasteiger partial charge in [0.1, 0.15) is 37.6 Å². The average Bonchev–Trinajstić information content (AvgIpc) is 2.54. The van der Waals surface area contributed by atoms with E-state index < -0.39 is 70.2 Å². The molecule has 12 nitrogen and oxygen atoms in total. The fourth-order valence-electron chi connectivity index (χ4n) is 1.13. The summed E-state index contributed by atoms with van der Waals surface area (Å²) in [6.07, 6.45) is -7.71. The van der Waals surface area contributed by atoms with Gasteiger partial charge in [0.25, 0.3) is 0 Å². The van der Waals surface area contributed by atoms with E-state index in [9.17, 15) is 29.3 Å². The molecule has 136 valence electrons. The topological polar surface area (TPSA) is 211 Å². The Kier molecular flexibility index (Phi) is 9.80. The maximum absolute atomic E-state index is 11.4. The number of aliphatic hydroxyl groups excluding tert-OH is 6. The minimum atomic E-state index is -4.91. The van der Waals surface area contributed by atoms with Crippen LogP contribution >= 0.6 is 7.82 Å². The third-order valence-corrected chi connectivity index (χ3v) is 3.41. The van der Waals surface area contributed by atoms with E-state index in [4.69, 9.17) is 20.4 Å². The van der Waals surface area contributed by atoms with Crippen molar-refractivity contribution in [3.63, 3.8) is 0 Å². The first-order valence-electron chi connectivity index (χ1n) is 6.17. The molecule has 13 heteroatoms. The Morgan fingerprint density at radius 1 is 0.826 bits per heavy atom. The first-order valence-corrected chi connectivity index (χ1v) is 7.66. The number of ketones is 2. The van der Waals surface area contributed by atoms with Gasteiger partial charge in [0.05, 0.1) is 13.2 Å². The van der Waals surface area contributed by atoms with E-state index in [2.05, 4.69) is 9.05 Å². The molecule has 0 amide bonds. The molecule has 2 unspecified atom stereocenters. The van der Waals surface area contributed by atoms with Crippen LogP contribution in [0.2, 0.25) is 0 Å². The smallest absolute Gasteiger partial charge is 0.394 e. The number of phosphoric acid groups is 1. The Bertz CT molecular complexity index is 404. The van der Waals surface area contributed by atoms with Crippen molar-refractivity contribution in [2.45, 2.75) is 24.4 Å². The summed E-state index contributed by atoms with van der Waals surface area (Å²) in [5.74, 6) is -2.46. The molecule has 5 atom stereocenters. The van der Waals surface area contributed by atoms with E-state index >= 15 is 0 Å². The molecule has 0 aromatic heterocycles. The molecule has 0 rings (SSSR count). The van der Waals surface area contributed by atoms with Crippen LogP contribution in [0.5, 0.6) is 0 Å². The lowest BCUT2D eigenvalue weighted by molar-refractivity contribution is -0.138. The van der Waals surface area contributed by atoms with Crippen LogP contribution in [-0.4, -0.2) is 97.9 Å². The minimum Gasteiger partial charge on any atom is -0.394 e. The fourth-order valence-corrected chi connectivity index (χ4v) is 1.78. The van der Waals surface area contributed by atoms with Crippen LogP contribution in [0.1, 0.15) is 0 Å². The van der Waals surface area contributed by atoms with Gasteiger partial charge in [-0.2, -0.15) is 0 Å². The van der Waals surface area contributed by atoms with Gasteiger partial charge in [-0.3, -0.25) is 18.6 Å². The van der Waals surface area contributed by atoms with Gasteiger partial charge < -0.3 is 35.5 Å². The summed E-state index contributed by atoms with van der Waals surface area (Å²) in [4.78, 5) is 31.7. The molecule has 0 radical (unpaired) electrons. The summed E-state index contributed by atoms with van der Waals surface area (Å²) in [5.41, 5.74) is 0. The second-order valence-electron chi connectivity index (χ2n) is 4.34. The second-order valence-corrected chi connectivity index (χ2v) is 5.79. The molecule has 0 aliphatic carbocycles. The molecule has 0 bridgehead atoms. The highest BCUT2D eigenvalue weighted by atomic mass is 31.2. The largest absolute Gasteiger partial charge is 0.473 e. The Morgan fingerprint density at radius 3 is 1.39 bits per heavy atom. The van der Waals surface area contributed by atoms with Gasteiger partial charge in [0.15, 0.2) is 11.6 Å². The standard InChI is InChI=1S/C10H19O12P/c11-1-5(13)9(17)7(15)3-21-23(19,20)22-4-8(16)10(18)6(14)2-12/h5-6,9-14,17-18H,1-4H2,(H,19,20)/t5-,6?,9+,10-/m1/s1. The van der Waals surface area contributed by atoms with Crippen LogP contribution in [-0.2, 0) is 23.2 Å². The molecule has 0 saturated heterocycles. The van der Waals surface area contributed by atoms with Crippen LogP contribution in [0.15, 0.2) is 0 Å². The van der Waals surface area contributed by atoms with E-state index in [-0.39, 0.29) is 0 Å². The average molecular weight is 362 g/mol. The SMILES string of the molecule is O=C(COP(=O)(O)OCC(=O)[C@H](O)C(O)CO)[C@@H](O)[C@H](O)CO. The number of Topliss-reactive ketones (excluding diaryl/α,β-unsaturated/α-hetero) is 2. The molecule has 0 aromatic carbocycles. The zero-order valence-electron chi connectivity index (χ0n) is 11.8. The van der Waals surface area contributed by atoms with Crippen LogP contribution in [0, 0.1) is 0 Å². The van der Waals surface area contributed by atoms with Crippen molar-refractivity contribution >= 4 is 19.4 Å². The van der Waals surface area contributed by atoms with Crippen LogP contribution in [0.3, 0.4) is 0 Å². The van der Waals surface area contributed by atoms with Crippen molar-refractivity contribution < 1.29 is 58.7 Å².